The second-order valence-electron chi connectivity index (χ2n) is 5.65. The Morgan fingerprint density at radius 2 is 1.92 bits per heavy atom. The topological polar surface area (TPSA) is 53.6 Å². The molecule has 0 aliphatic carbocycles. The molecule has 0 saturated carbocycles. The van der Waals surface area contributed by atoms with Gasteiger partial charge in [0.05, 0.1) is 13.2 Å². The van der Waals surface area contributed by atoms with Gasteiger partial charge >= 0.3 is 0 Å². The summed E-state index contributed by atoms with van der Waals surface area (Å²) in [5.41, 5.74) is 0.771. The van der Waals surface area contributed by atoms with Crippen LogP contribution in [0.3, 0.4) is 0 Å². The molecule has 1 saturated heterocycles. The molecule has 2 atom stereocenters. The summed E-state index contributed by atoms with van der Waals surface area (Å²) in [7, 11) is 1.87. The monoisotopic (exact) mass is 431 g/mol. The molecule has 144 valence electrons. The SMILES string of the molecule is CNC(C)CNC(=O)C(c1ccc(Cl)cc1Cl)N1CCOCC1.Cl.Cl. The van der Waals surface area contributed by atoms with Gasteiger partial charge in [-0.25, -0.2) is 0 Å². The predicted molar refractivity (Wildman–Crippen MR) is 108 cm³/mol. The molecule has 2 unspecified atom stereocenters. The van der Waals surface area contributed by atoms with Crippen LogP contribution >= 0.6 is 48.0 Å². The van der Waals surface area contributed by atoms with Crippen molar-refractivity contribution < 1.29 is 9.53 Å². The normalized spacial score (nSPS) is 17.0. The maximum absolute atomic E-state index is 12.8. The Labute approximate surface area is 171 Å². The van der Waals surface area contributed by atoms with E-state index >= 15 is 0 Å². The van der Waals surface area contributed by atoms with E-state index in [-0.39, 0.29) is 36.8 Å². The van der Waals surface area contributed by atoms with E-state index in [1.807, 2.05) is 20.0 Å². The van der Waals surface area contributed by atoms with Crippen LogP contribution in [-0.2, 0) is 9.53 Å². The minimum atomic E-state index is -0.437. The summed E-state index contributed by atoms with van der Waals surface area (Å²) in [6.07, 6.45) is 0. The number of hydrogen-bond acceptors (Lipinski definition) is 4. The number of amides is 1. The van der Waals surface area contributed by atoms with E-state index in [0.29, 0.717) is 42.9 Å². The number of likely N-dealkylation sites (N-methyl/N-ethyl adjacent to an activating group) is 1. The lowest BCUT2D eigenvalue weighted by Gasteiger charge is -2.34. The molecule has 0 bridgehead atoms. The van der Waals surface area contributed by atoms with E-state index in [0.717, 1.165) is 5.56 Å². The number of hydrogen-bond donors (Lipinski definition) is 2. The second-order valence-corrected chi connectivity index (χ2v) is 6.50. The van der Waals surface area contributed by atoms with Gasteiger partial charge < -0.3 is 15.4 Å². The van der Waals surface area contributed by atoms with Gasteiger partial charge in [-0.1, -0.05) is 29.3 Å². The van der Waals surface area contributed by atoms with Gasteiger partial charge in [0.2, 0.25) is 5.91 Å². The summed E-state index contributed by atoms with van der Waals surface area (Å²) in [6.45, 7) is 5.18. The first-order chi connectivity index (χ1) is 11.0. The van der Waals surface area contributed by atoms with Gasteiger partial charge in [-0.3, -0.25) is 9.69 Å². The first-order valence-electron chi connectivity index (χ1n) is 7.74. The summed E-state index contributed by atoms with van der Waals surface area (Å²) >= 11 is 12.3. The molecule has 0 radical (unpaired) electrons. The molecule has 9 heteroatoms. The zero-order valence-corrected chi connectivity index (χ0v) is 17.4. The van der Waals surface area contributed by atoms with Crippen LogP contribution in [0.2, 0.25) is 10.0 Å². The predicted octanol–water partition coefficient (Wildman–Crippen LogP) is 2.93. The summed E-state index contributed by atoms with van der Waals surface area (Å²) in [5.74, 6) is -0.0572. The van der Waals surface area contributed by atoms with Crippen LogP contribution in [0.1, 0.15) is 18.5 Å². The van der Waals surface area contributed by atoms with Gasteiger partial charge in [-0.2, -0.15) is 0 Å². The van der Waals surface area contributed by atoms with Crippen molar-refractivity contribution in [3.05, 3.63) is 33.8 Å². The molecule has 1 amide bonds. The molecule has 1 fully saturated rings. The van der Waals surface area contributed by atoms with Crippen LogP contribution in [-0.4, -0.2) is 56.7 Å². The number of benzene rings is 1. The number of halogens is 4. The third kappa shape index (κ3) is 7.10. The van der Waals surface area contributed by atoms with Crippen LogP contribution in [0, 0.1) is 0 Å². The first-order valence-corrected chi connectivity index (χ1v) is 8.50. The van der Waals surface area contributed by atoms with Crippen molar-refractivity contribution in [2.45, 2.75) is 19.0 Å². The number of carbonyl (C=O) groups is 1. The minimum Gasteiger partial charge on any atom is -0.379 e. The third-order valence-corrected chi connectivity index (χ3v) is 4.55. The smallest absolute Gasteiger partial charge is 0.242 e. The molecule has 0 spiro atoms. The van der Waals surface area contributed by atoms with Gasteiger partial charge in [0.15, 0.2) is 0 Å². The Bertz CT molecular complexity index is 542. The molecule has 1 aliphatic rings. The molecule has 5 nitrogen and oxygen atoms in total. The Morgan fingerprint density at radius 3 is 2.48 bits per heavy atom. The van der Waals surface area contributed by atoms with Crippen LogP contribution in [0.4, 0.5) is 0 Å². The van der Waals surface area contributed by atoms with Crippen molar-refractivity contribution >= 4 is 53.9 Å². The fraction of sp³-hybridized carbons (Fsp3) is 0.562. The molecule has 2 rings (SSSR count). The molecule has 1 aliphatic heterocycles. The zero-order chi connectivity index (χ0) is 16.8. The molecule has 25 heavy (non-hydrogen) atoms. The lowest BCUT2D eigenvalue weighted by molar-refractivity contribution is -0.128. The number of rotatable bonds is 6. The highest BCUT2D eigenvalue weighted by atomic mass is 35.5. The Kier molecular flexibility index (Phi) is 12.0. The number of morpholine rings is 1. The maximum atomic E-state index is 12.8. The summed E-state index contributed by atoms with van der Waals surface area (Å²) in [5, 5.41) is 7.17. The highest BCUT2D eigenvalue weighted by Gasteiger charge is 2.30. The van der Waals surface area contributed by atoms with E-state index in [2.05, 4.69) is 15.5 Å². The van der Waals surface area contributed by atoms with Crippen LogP contribution in [0.15, 0.2) is 18.2 Å². The number of nitrogens with one attached hydrogen (secondary N) is 2. The molecular weight excluding hydrogens is 408 g/mol. The maximum Gasteiger partial charge on any atom is 0.242 e. The average molecular weight is 433 g/mol. The van der Waals surface area contributed by atoms with E-state index in [1.165, 1.54) is 0 Å². The quantitative estimate of drug-likeness (QED) is 0.725. The zero-order valence-electron chi connectivity index (χ0n) is 14.3. The van der Waals surface area contributed by atoms with Gasteiger partial charge in [-0.05, 0) is 31.7 Å². The van der Waals surface area contributed by atoms with E-state index < -0.39 is 6.04 Å². The highest BCUT2D eigenvalue weighted by Crippen LogP contribution is 2.30. The number of nitrogens with zero attached hydrogens (tertiary/aromatic N) is 1. The van der Waals surface area contributed by atoms with Gasteiger partial charge in [0.1, 0.15) is 6.04 Å². The van der Waals surface area contributed by atoms with E-state index in [4.69, 9.17) is 27.9 Å². The summed E-state index contributed by atoms with van der Waals surface area (Å²) in [6, 6.07) is 5.03. The highest BCUT2D eigenvalue weighted by molar-refractivity contribution is 6.35. The first kappa shape index (κ1) is 24.7. The van der Waals surface area contributed by atoms with Gasteiger partial charge in [-0.15, -0.1) is 24.8 Å². The molecule has 1 heterocycles. The van der Waals surface area contributed by atoms with Gasteiger partial charge in [0.25, 0.3) is 0 Å². The van der Waals surface area contributed by atoms with Crippen LogP contribution in [0.5, 0.6) is 0 Å². The third-order valence-electron chi connectivity index (χ3n) is 3.99. The van der Waals surface area contributed by atoms with Crippen molar-refractivity contribution in [3.63, 3.8) is 0 Å². The van der Waals surface area contributed by atoms with Crippen molar-refractivity contribution in [3.8, 4) is 0 Å². The largest absolute Gasteiger partial charge is 0.379 e. The molecule has 0 aromatic heterocycles. The number of ether oxygens (including phenoxy) is 1. The summed E-state index contributed by atoms with van der Waals surface area (Å²) < 4.78 is 5.39. The Balaban J connectivity index is 0.00000288. The van der Waals surface area contributed by atoms with Crippen molar-refractivity contribution in [1.82, 2.24) is 15.5 Å². The Hall–Kier alpha value is -0.270. The van der Waals surface area contributed by atoms with Crippen LogP contribution < -0.4 is 10.6 Å². The fourth-order valence-corrected chi connectivity index (χ4v) is 3.03. The lowest BCUT2D eigenvalue weighted by atomic mass is 10.0. The fourth-order valence-electron chi connectivity index (χ4n) is 2.52. The average Bonchev–Trinajstić information content (AvgIpc) is 2.55. The Morgan fingerprint density at radius 1 is 1.28 bits per heavy atom. The summed E-state index contributed by atoms with van der Waals surface area (Å²) in [4.78, 5) is 14.9. The standard InChI is InChI=1S/C16H23Cl2N3O2.2ClH/c1-11(19-2)10-20-16(22)15(21-5-7-23-8-6-21)13-4-3-12(17)9-14(13)18;;/h3-4,9,11,15,19H,5-8,10H2,1-2H3,(H,20,22);2*1H. The van der Waals surface area contributed by atoms with Crippen molar-refractivity contribution in [1.29, 1.82) is 0 Å². The molecular formula is C16H25Cl4N3O2. The second kappa shape index (κ2) is 12.2. The minimum absolute atomic E-state index is 0. The molecule has 1 aromatic carbocycles. The van der Waals surface area contributed by atoms with Crippen molar-refractivity contribution in [2.75, 3.05) is 39.9 Å². The van der Waals surface area contributed by atoms with Crippen molar-refractivity contribution in [2.24, 2.45) is 0 Å². The van der Waals surface area contributed by atoms with Gasteiger partial charge in [0, 0.05) is 35.7 Å². The number of carbonyl (C=O) groups excluding carboxylic acids is 1. The van der Waals surface area contributed by atoms with E-state index in [9.17, 15) is 4.79 Å². The van der Waals surface area contributed by atoms with Crippen LogP contribution in [0.25, 0.3) is 0 Å². The van der Waals surface area contributed by atoms with E-state index in [1.54, 1.807) is 12.1 Å². The molecule has 2 N–H and O–H groups in total. The lowest BCUT2D eigenvalue weighted by Crippen LogP contribution is -2.47. The molecule has 1 aromatic rings.